The fourth-order valence-electron chi connectivity index (χ4n) is 0.833. The smallest absolute Gasteiger partial charge is 0.223 e. The summed E-state index contributed by atoms with van der Waals surface area (Å²) in [4.78, 5) is 12.7. The number of nitrogens with zero attached hydrogens (tertiary/aromatic N) is 1. The van der Waals surface area contributed by atoms with Crippen LogP contribution in [0.4, 0.5) is 0 Å². The zero-order chi connectivity index (χ0) is 10.1. The van der Waals surface area contributed by atoms with Crippen molar-refractivity contribution in [3.8, 4) is 0 Å². The molecule has 0 heterocycles. The molecule has 4 nitrogen and oxygen atoms in total. The van der Waals surface area contributed by atoms with Crippen LogP contribution in [-0.4, -0.2) is 51.2 Å². The molecule has 0 aliphatic rings. The highest BCUT2D eigenvalue weighted by Gasteiger charge is 2.01. The van der Waals surface area contributed by atoms with Gasteiger partial charge in [-0.05, 0) is 6.92 Å². The second-order valence-electron chi connectivity index (χ2n) is 2.99. The lowest BCUT2D eigenvalue weighted by atomic mass is 10.4. The van der Waals surface area contributed by atoms with Crippen LogP contribution in [0.3, 0.4) is 0 Å². The maximum absolute atomic E-state index is 11.1. The van der Waals surface area contributed by atoms with Crippen LogP contribution >= 0.6 is 0 Å². The number of rotatable bonds is 7. The summed E-state index contributed by atoms with van der Waals surface area (Å²) in [5, 5.41) is 3.13. The Morgan fingerprint density at radius 3 is 2.62 bits per heavy atom. The maximum Gasteiger partial charge on any atom is 0.223 e. The predicted octanol–water partition coefficient (Wildman–Crippen LogP) is 0.0908. The summed E-state index contributed by atoms with van der Waals surface area (Å²) in [6.07, 6.45) is 0.555. The Bertz CT molecular complexity index is 138. The predicted molar refractivity (Wildman–Crippen MR) is 52.7 cm³/mol. The molecule has 78 valence electrons. The third-order valence-electron chi connectivity index (χ3n) is 1.64. The van der Waals surface area contributed by atoms with Crippen molar-refractivity contribution in [3.05, 3.63) is 0 Å². The number of hydrogen-bond acceptors (Lipinski definition) is 3. The van der Waals surface area contributed by atoms with Gasteiger partial charge < -0.3 is 15.0 Å². The van der Waals surface area contributed by atoms with Gasteiger partial charge in [0.1, 0.15) is 0 Å². The third kappa shape index (κ3) is 7.74. The molecule has 0 saturated carbocycles. The molecule has 0 spiro atoms. The Labute approximate surface area is 80.2 Å². The molecule has 13 heavy (non-hydrogen) atoms. The summed E-state index contributed by atoms with van der Waals surface area (Å²) in [5.74, 6) is 0.156. The largest absolute Gasteiger partial charge is 0.380 e. The minimum absolute atomic E-state index is 0.156. The summed E-state index contributed by atoms with van der Waals surface area (Å²) in [7, 11) is 3.53. The Morgan fingerprint density at radius 1 is 1.38 bits per heavy atom. The van der Waals surface area contributed by atoms with Crippen molar-refractivity contribution in [1.82, 2.24) is 10.2 Å². The molecule has 0 saturated heterocycles. The number of nitrogens with one attached hydrogen (secondary N) is 1. The molecule has 0 radical (unpaired) electrons. The van der Waals surface area contributed by atoms with Crippen LogP contribution in [0.1, 0.15) is 13.3 Å². The first-order chi connectivity index (χ1) is 6.18. The average Bonchev–Trinajstić information content (AvgIpc) is 2.10. The molecule has 0 rings (SSSR count). The molecule has 0 atom stereocenters. The highest BCUT2D eigenvalue weighted by Crippen LogP contribution is 1.84. The Balaban J connectivity index is 3.12. The maximum atomic E-state index is 11.1. The average molecular weight is 188 g/mol. The van der Waals surface area contributed by atoms with E-state index in [2.05, 4.69) is 5.32 Å². The van der Waals surface area contributed by atoms with Crippen molar-refractivity contribution >= 4 is 5.91 Å². The molecule has 1 N–H and O–H groups in total. The number of carbonyl (C=O) groups excluding carboxylic acids is 1. The van der Waals surface area contributed by atoms with E-state index in [1.165, 1.54) is 0 Å². The quantitative estimate of drug-likeness (QED) is 0.576. The molecule has 0 unspecified atom stereocenters. The van der Waals surface area contributed by atoms with Crippen molar-refractivity contribution in [2.24, 2.45) is 0 Å². The van der Waals surface area contributed by atoms with Crippen LogP contribution in [0, 0.1) is 0 Å². The van der Waals surface area contributed by atoms with Gasteiger partial charge in [-0.15, -0.1) is 0 Å². The Kier molecular flexibility index (Phi) is 7.63. The van der Waals surface area contributed by atoms with E-state index in [0.29, 0.717) is 13.0 Å². The van der Waals surface area contributed by atoms with Crippen LogP contribution in [0.15, 0.2) is 0 Å². The van der Waals surface area contributed by atoms with Gasteiger partial charge in [0.15, 0.2) is 0 Å². The summed E-state index contributed by atoms with van der Waals surface area (Å²) in [6, 6.07) is 0. The van der Waals surface area contributed by atoms with E-state index in [-0.39, 0.29) is 5.91 Å². The molecule has 0 aromatic heterocycles. The molecule has 0 aromatic rings. The first-order valence-corrected chi connectivity index (χ1v) is 4.67. The fraction of sp³-hybridized carbons (Fsp3) is 0.889. The van der Waals surface area contributed by atoms with Gasteiger partial charge >= 0.3 is 0 Å². The standard InChI is InChI=1S/C9H20N2O2/c1-4-13-8-7-10-6-5-9(12)11(2)3/h10H,4-8H2,1-3H3. The van der Waals surface area contributed by atoms with Gasteiger partial charge in [0, 0.05) is 40.2 Å². The normalized spacial score (nSPS) is 10.1. The van der Waals surface area contributed by atoms with E-state index in [9.17, 15) is 4.79 Å². The number of amides is 1. The van der Waals surface area contributed by atoms with Gasteiger partial charge in [0.25, 0.3) is 0 Å². The third-order valence-corrected chi connectivity index (χ3v) is 1.64. The molecular formula is C9H20N2O2. The Hall–Kier alpha value is -0.610. The summed E-state index contributed by atoms with van der Waals surface area (Å²) in [5.41, 5.74) is 0. The summed E-state index contributed by atoms with van der Waals surface area (Å²) >= 11 is 0. The van der Waals surface area contributed by atoms with E-state index < -0.39 is 0 Å². The molecule has 0 aromatic carbocycles. The molecule has 4 heteroatoms. The summed E-state index contributed by atoms with van der Waals surface area (Å²) in [6.45, 7) is 4.97. The van der Waals surface area contributed by atoms with Crippen molar-refractivity contribution in [2.45, 2.75) is 13.3 Å². The molecule has 0 aliphatic heterocycles. The number of carbonyl (C=O) groups is 1. The number of hydrogen-bond donors (Lipinski definition) is 1. The van der Waals surface area contributed by atoms with Crippen LogP contribution in [-0.2, 0) is 9.53 Å². The van der Waals surface area contributed by atoms with Gasteiger partial charge in [-0.1, -0.05) is 0 Å². The lowest BCUT2D eigenvalue weighted by Gasteiger charge is -2.10. The molecule has 0 aliphatic carbocycles. The lowest BCUT2D eigenvalue weighted by Crippen LogP contribution is -2.28. The second kappa shape index (κ2) is 8.01. The van der Waals surface area contributed by atoms with Gasteiger partial charge in [-0.3, -0.25) is 4.79 Å². The first-order valence-electron chi connectivity index (χ1n) is 4.67. The van der Waals surface area contributed by atoms with E-state index in [1.54, 1.807) is 19.0 Å². The van der Waals surface area contributed by atoms with Crippen molar-refractivity contribution < 1.29 is 9.53 Å². The van der Waals surface area contributed by atoms with E-state index >= 15 is 0 Å². The van der Waals surface area contributed by atoms with Crippen LogP contribution in [0.5, 0.6) is 0 Å². The fourth-order valence-corrected chi connectivity index (χ4v) is 0.833. The zero-order valence-electron chi connectivity index (χ0n) is 8.80. The highest BCUT2D eigenvalue weighted by molar-refractivity contribution is 5.75. The minimum atomic E-state index is 0.156. The molecule has 0 bridgehead atoms. The monoisotopic (exact) mass is 188 g/mol. The van der Waals surface area contributed by atoms with Crippen LogP contribution < -0.4 is 5.32 Å². The molecular weight excluding hydrogens is 168 g/mol. The lowest BCUT2D eigenvalue weighted by molar-refractivity contribution is -0.128. The van der Waals surface area contributed by atoms with Crippen LogP contribution in [0.25, 0.3) is 0 Å². The second-order valence-corrected chi connectivity index (χ2v) is 2.99. The van der Waals surface area contributed by atoms with Crippen molar-refractivity contribution in [3.63, 3.8) is 0 Å². The van der Waals surface area contributed by atoms with Gasteiger partial charge in [-0.2, -0.15) is 0 Å². The van der Waals surface area contributed by atoms with Crippen LogP contribution in [0.2, 0.25) is 0 Å². The van der Waals surface area contributed by atoms with Gasteiger partial charge in [-0.25, -0.2) is 0 Å². The highest BCUT2D eigenvalue weighted by atomic mass is 16.5. The van der Waals surface area contributed by atoms with Crippen molar-refractivity contribution in [2.75, 3.05) is 40.4 Å². The topological polar surface area (TPSA) is 41.6 Å². The Morgan fingerprint density at radius 2 is 2.08 bits per heavy atom. The molecule has 1 amide bonds. The van der Waals surface area contributed by atoms with Gasteiger partial charge in [0.2, 0.25) is 5.91 Å². The van der Waals surface area contributed by atoms with E-state index in [0.717, 1.165) is 19.7 Å². The zero-order valence-corrected chi connectivity index (χ0v) is 8.80. The van der Waals surface area contributed by atoms with E-state index in [4.69, 9.17) is 4.74 Å². The van der Waals surface area contributed by atoms with Crippen molar-refractivity contribution in [1.29, 1.82) is 0 Å². The van der Waals surface area contributed by atoms with Gasteiger partial charge in [0.05, 0.1) is 6.61 Å². The van der Waals surface area contributed by atoms with E-state index in [1.807, 2.05) is 6.92 Å². The summed E-state index contributed by atoms with van der Waals surface area (Å²) < 4.78 is 5.13. The first kappa shape index (κ1) is 12.4. The SMILES string of the molecule is CCOCCNCCC(=O)N(C)C. The molecule has 0 fully saturated rings. The minimum Gasteiger partial charge on any atom is -0.380 e. The number of ether oxygens (including phenoxy) is 1.